The molecule has 0 fully saturated rings. The van der Waals surface area contributed by atoms with Crippen LogP contribution in [0.4, 0.5) is 22.0 Å². The molecule has 0 spiro atoms. The van der Waals surface area contributed by atoms with Crippen LogP contribution in [0.5, 0.6) is 0 Å². The third-order valence-electron chi connectivity index (χ3n) is 2.56. The van der Waals surface area contributed by atoms with Gasteiger partial charge in [0.15, 0.2) is 5.60 Å². The zero-order chi connectivity index (χ0) is 15.0. The highest BCUT2D eigenvalue weighted by molar-refractivity contribution is 7.17. The third-order valence-corrected chi connectivity index (χ3v) is 3.36. The highest BCUT2D eigenvalue weighted by Gasteiger charge is 2.57. The molecule has 0 N–H and O–H groups in total. The summed E-state index contributed by atoms with van der Waals surface area (Å²) in [5.41, 5.74) is -4.52. The van der Waals surface area contributed by atoms with Crippen molar-refractivity contribution in [1.82, 2.24) is 0 Å². The molecule has 18 heavy (non-hydrogen) atoms. The molecule has 0 aromatic rings. The van der Waals surface area contributed by atoms with E-state index in [0.717, 1.165) is 0 Å². The summed E-state index contributed by atoms with van der Waals surface area (Å²) in [5, 5.41) is 0. The van der Waals surface area contributed by atoms with Gasteiger partial charge in [-0.1, -0.05) is 6.92 Å². The Labute approximate surface area is 105 Å². The lowest BCUT2D eigenvalue weighted by Crippen LogP contribution is -2.54. The molecule has 2 unspecified atom stereocenters. The van der Waals surface area contributed by atoms with Crippen molar-refractivity contribution >= 4 is 9.24 Å². The standard InChI is InChI=1S/C10H18F5O2P/c1-6(18)7(2,3)16-9(11,12)8(4,5)17-10(13,14)15/h6H,18H2,1-5H3. The fourth-order valence-electron chi connectivity index (χ4n) is 0.895. The highest BCUT2D eigenvalue weighted by Crippen LogP contribution is 2.41. The lowest BCUT2D eigenvalue weighted by molar-refractivity contribution is -0.437. The van der Waals surface area contributed by atoms with Gasteiger partial charge >= 0.3 is 12.5 Å². The van der Waals surface area contributed by atoms with Crippen LogP contribution in [0.2, 0.25) is 0 Å². The van der Waals surface area contributed by atoms with E-state index in [-0.39, 0.29) is 5.66 Å². The molecule has 0 heterocycles. The minimum Gasteiger partial charge on any atom is -0.311 e. The van der Waals surface area contributed by atoms with E-state index in [0.29, 0.717) is 13.8 Å². The topological polar surface area (TPSA) is 18.5 Å². The van der Waals surface area contributed by atoms with Gasteiger partial charge in [-0.2, -0.15) is 8.78 Å². The Morgan fingerprint density at radius 3 is 1.56 bits per heavy atom. The van der Waals surface area contributed by atoms with Gasteiger partial charge in [-0.3, -0.25) is 4.74 Å². The van der Waals surface area contributed by atoms with Crippen molar-refractivity contribution in [2.75, 3.05) is 0 Å². The summed E-state index contributed by atoms with van der Waals surface area (Å²) in [6.45, 7) is 5.58. The maximum absolute atomic E-state index is 13.7. The van der Waals surface area contributed by atoms with Crippen molar-refractivity contribution in [2.45, 2.75) is 64.0 Å². The molecule has 0 rings (SSSR count). The Morgan fingerprint density at radius 1 is 0.889 bits per heavy atom. The smallest absolute Gasteiger partial charge is 0.311 e. The predicted octanol–water partition coefficient (Wildman–Crippen LogP) is 3.95. The van der Waals surface area contributed by atoms with Crippen molar-refractivity contribution < 1.29 is 31.4 Å². The molecule has 0 aliphatic heterocycles. The lowest BCUT2D eigenvalue weighted by Gasteiger charge is -2.40. The van der Waals surface area contributed by atoms with Gasteiger partial charge in [0.05, 0.1) is 5.60 Å². The van der Waals surface area contributed by atoms with Crippen LogP contribution < -0.4 is 0 Å². The summed E-state index contributed by atoms with van der Waals surface area (Å²) >= 11 is 0. The van der Waals surface area contributed by atoms with Crippen molar-refractivity contribution in [3.8, 4) is 0 Å². The molecule has 0 saturated heterocycles. The molecular weight excluding hydrogens is 278 g/mol. The molecule has 0 radical (unpaired) electrons. The first kappa shape index (κ1) is 18.0. The van der Waals surface area contributed by atoms with E-state index in [1.807, 2.05) is 0 Å². The molecule has 8 heteroatoms. The second-order valence-electron chi connectivity index (χ2n) is 5.07. The minimum atomic E-state index is -5.16. The van der Waals surface area contributed by atoms with Gasteiger partial charge in [0.1, 0.15) is 0 Å². The predicted molar refractivity (Wildman–Crippen MR) is 60.5 cm³/mol. The molecule has 0 saturated carbocycles. The van der Waals surface area contributed by atoms with Crippen LogP contribution in [0.1, 0.15) is 34.6 Å². The molecule has 0 aliphatic rings. The SMILES string of the molecule is CC(P)C(C)(C)OC(F)(F)C(C)(C)OC(F)(F)F. The lowest BCUT2D eigenvalue weighted by atomic mass is 10.0. The Bertz CT molecular complexity index is 286. The second kappa shape index (κ2) is 5.17. The highest BCUT2D eigenvalue weighted by atomic mass is 31.0. The Morgan fingerprint density at radius 2 is 1.28 bits per heavy atom. The van der Waals surface area contributed by atoms with Crippen LogP contribution in [0.25, 0.3) is 0 Å². The zero-order valence-corrected chi connectivity index (χ0v) is 12.0. The largest absolute Gasteiger partial charge is 0.523 e. The van der Waals surface area contributed by atoms with E-state index in [4.69, 9.17) is 0 Å². The van der Waals surface area contributed by atoms with Crippen LogP contribution in [0, 0.1) is 0 Å². The normalized spacial score (nSPS) is 16.8. The number of rotatable bonds is 5. The maximum atomic E-state index is 13.7. The van der Waals surface area contributed by atoms with E-state index >= 15 is 0 Å². The van der Waals surface area contributed by atoms with Crippen molar-refractivity contribution in [1.29, 1.82) is 0 Å². The zero-order valence-electron chi connectivity index (χ0n) is 10.9. The number of hydrogen-bond donors (Lipinski definition) is 0. The van der Waals surface area contributed by atoms with Gasteiger partial charge in [-0.05, 0) is 33.4 Å². The number of alkyl halides is 5. The monoisotopic (exact) mass is 296 g/mol. The van der Waals surface area contributed by atoms with E-state index in [9.17, 15) is 22.0 Å². The fourth-order valence-corrected chi connectivity index (χ4v) is 0.963. The number of hydrogen-bond acceptors (Lipinski definition) is 2. The minimum absolute atomic E-state index is 0.384. The van der Waals surface area contributed by atoms with Crippen molar-refractivity contribution in [2.24, 2.45) is 0 Å². The molecule has 0 amide bonds. The van der Waals surface area contributed by atoms with Crippen LogP contribution >= 0.6 is 9.24 Å². The van der Waals surface area contributed by atoms with Crippen LogP contribution in [0.15, 0.2) is 0 Å². The van der Waals surface area contributed by atoms with E-state index in [2.05, 4.69) is 18.7 Å². The second-order valence-corrected chi connectivity index (χ2v) is 6.07. The molecular formula is C10H18F5O2P. The quantitative estimate of drug-likeness (QED) is 0.565. The molecule has 0 aliphatic carbocycles. The van der Waals surface area contributed by atoms with Gasteiger partial charge in [-0.15, -0.1) is 22.4 Å². The van der Waals surface area contributed by atoms with E-state index in [1.54, 1.807) is 6.92 Å². The van der Waals surface area contributed by atoms with Crippen LogP contribution in [0.3, 0.4) is 0 Å². The Hall–Kier alpha value is -0.0000000000000000278. The molecule has 2 nitrogen and oxygen atoms in total. The molecule has 110 valence electrons. The summed E-state index contributed by atoms with van der Waals surface area (Å²) in [4.78, 5) is 0. The maximum Gasteiger partial charge on any atom is 0.523 e. The summed E-state index contributed by atoms with van der Waals surface area (Å²) in [7, 11) is 2.26. The summed E-state index contributed by atoms with van der Waals surface area (Å²) in [6.07, 6.45) is -9.25. The van der Waals surface area contributed by atoms with Gasteiger partial charge in [-0.25, -0.2) is 0 Å². The average molecular weight is 296 g/mol. The molecule has 2 atom stereocenters. The number of halogens is 5. The van der Waals surface area contributed by atoms with E-state index < -0.39 is 23.7 Å². The Kier molecular flexibility index (Phi) is 5.17. The van der Waals surface area contributed by atoms with Crippen LogP contribution in [-0.2, 0) is 9.47 Å². The Balaban J connectivity index is 5.02. The first-order valence-electron chi connectivity index (χ1n) is 5.21. The third kappa shape index (κ3) is 4.94. The fraction of sp³-hybridized carbons (Fsp3) is 1.00. The molecule has 0 aromatic carbocycles. The van der Waals surface area contributed by atoms with Crippen molar-refractivity contribution in [3.05, 3.63) is 0 Å². The number of ether oxygens (including phenoxy) is 2. The first-order valence-corrected chi connectivity index (χ1v) is 5.88. The van der Waals surface area contributed by atoms with Gasteiger partial charge in [0.2, 0.25) is 0 Å². The summed E-state index contributed by atoms with van der Waals surface area (Å²) < 4.78 is 71.6. The van der Waals surface area contributed by atoms with E-state index in [1.165, 1.54) is 13.8 Å². The van der Waals surface area contributed by atoms with Crippen molar-refractivity contribution in [3.63, 3.8) is 0 Å². The van der Waals surface area contributed by atoms with Gasteiger partial charge in [0.25, 0.3) is 0 Å². The van der Waals surface area contributed by atoms with Gasteiger partial charge in [0, 0.05) is 0 Å². The first-order chi connectivity index (χ1) is 7.61. The molecule has 0 bridgehead atoms. The molecule has 0 aromatic heterocycles. The van der Waals surface area contributed by atoms with Crippen LogP contribution in [-0.4, -0.2) is 29.3 Å². The van der Waals surface area contributed by atoms with Gasteiger partial charge < -0.3 is 4.74 Å². The summed E-state index contributed by atoms with van der Waals surface area (Å²) in [5.74, 6) is 0. The average Bonchev–Trinajstić information content (AvgIpc) is 1.95. The summed E-state index contributed by atoms with van der Waals surface area (Å²) in [6, 6.07) is 0.